The van der Waals surface area contributed by atoms with E-state index in [2.05, 4.69) is 15.5 Å². The van der Waals surface area contributed by atoms with E-state index >= 15 is 0 Å². The number of nitro groups is 1. The van der Waals surface area contributed by atoms with Crippen LogP contribution in [0.4, 0.5) is 11.4 Å². The van der Waals surface area contributed by atoms with E-state index in [1.54, 1.807) is 13.0 Å². The molecule has 1 N–H and O–H groups in total. The molecule has 1 heterocycles. The van der Waals surface area contributed by atoms with Crippen LogP contribution in [0.25, 0.3) is 0 Å². The molecule has 1 aromatic heterocycles. The Kier molecular flexibility index (Phi) is 4.35. The molecule has 0 aliphatic carbocycles. The quantitative estimate of drug-likeness (QED) is 0.689. The van der Waals surface area contributed by atoms with Gasteiger partial charge in [0.25, 0.3) is 11.6 Å². The molecule has 0 radical (unpaired) electrons. The summed E-state index contributed by atoms with van der Waals surface area (Å²) in [5, 5.41) is 20.2. The fraction of sp³-hybridized carbons (Fsp3) is 0.0833. The number of hydrogen-bond donors (Lipinski definition) is 1. The lowest BCUT2D eigenvalue weighted by atomic mass is 10.2. The lowest BCUT2D eigenvalue weighted by Crippen LogP contribution is -2.14. The van der Waals surface area contributed by atoms with Crippen molar-refractivity contribution in [1.82, 2.24) is 10.2 Å². The van der Waals surface area contributed by atoms with Gasteiger partial charge >= 0.3 is 0 Å². The van der Waals surface area contributed by atoms with E-state index in [4.69, 9.17) is 23.2 Å². The highest BCUT2D eigenvalue weighted by Crippen LogP contribution is 2.26. The average molecular weight is 327 g/mol. The molecule has 0 aliphatic heterocycles. The second-order valence-corrected chi connectivity index (χ2v) is 4.85. The number of aryl methyl sites for hydroxylation is 1. The van der Waals surface area contributed by atoms with Gasteiger partial charge in [-0.1, -0.05) is 29.3 Å². The standard InChI is InChI=1S/C12H8Cl2N4O3/c1-6-2-3-8(9(4-6)18(20)21)15-12(19)7-5-10(13)16-17-11(7)14/h2-5H,1H3,(H,15,19). The van der Waals surface area contributed by atoms with Crippen LogP contribution in [0.5, 0.6) is 0 Å². The number of aromatic nitrogens is 2. The number of rotatable bonds is 3. The first kappa shape index (κ1) is 15.1. The van der Waals surface area contributed by atoms with E-state index in [9.17, 15) is 14.9 Å². The second-order valence-electron chi connectivity index (χ2n) is 4.10. The SMILES string of the molecule is Cc1ccc(NC(=O)c2cc(Cl)nnc2Cl)c([N+](=O)[O-])c1. The van der Waals surface area contributed by atoms with Crippen molar-refractivity contribution in [3.05, 3.63) is 55.8 Å². The fourth-order valence-corrected chi connectivity index (χ4v) is 1.93. The molecule has 0 unspecified atom stereocenters. The molecule has 9 heteroatoms. The van der Waals surface area contributed by atoms with Gasteiger partial charge in [-0.25, -0.2) is 0 Å². The number of nitrogens with one attached hydrogen (secondary N) is 1. The second kappa shape index (κ2) is 6.02. The maximum atomic E-state index is 12.1. The minimum Gasteiger partial charge on any atom is -0.316 e. The van der Waals surface area contributed by atoms with Crippen LogP contribution in [0.1, 0.15) is 15.9 Å². The maximum absolute atomic E-state index is 12.1. The highest BCUT2D eigenvalue weighted by Gasteiger charge is 2.19. The van der Waals surface area contributed by atoms with E-state index < -0.39 is 10.8 Å². The first-order valence-corrected chi connectivity index (χ1v) is 6.39. The molecule has 2 rings (SSSR count). The van der Waals surface area contributed by atoms with Gasteiger partial charge in [0.15, 0.2) is 10.3 Å². The topological polar surface area (TPSA) is 98.0 Å². The van der Waals surface area contributed by atoms with Gasteiger partial charge in [0.1, 0.15) is 5.69 Å². The Morgan fingerprint density at radius 3 is 2.67 bits per heavy atom. The fourth-order valence-electron chi connectivity index (χ4n) is 1.60. The van der Waals surface area contributed by atoms with Crippen molar-refractivity contribution in [1.29, 1.82) is 0 Å². The van der Waals surface area contributed by atoms with E-state index in [0.717, 1.165) is 0 Å². The third-order valence-electron chi connectivity index (χ3n) is 2.56. The Hall–Kier alpha value is -2.25. The van der Waals surface area contributed by atoms with Crippen LogP contribution in [-0.2, 0) is 0 Å². The van der Waals surface area contributed by atoms with Gasteiger partial charge in [0.2, 0.25) is 0 Å². The number of nitrogens with zero attached hydrogens (tertiary/aromatic N) is 3. The lowest BCUT2D eigenvalue weighted by Gasteiger charge is -2.07. The van der Waals surface area contributed by atoms with Gasteiger partial charge in [-0.3, -0.25) is 14.9 Å². The molecule has 0 aliphatic rings. The number of anilines is 1. The Bertz CT molecular complexity index is 736. The number of carbonyl (C=O) groups is 1. The first-order chi connectivity index (χ1) is 9.88. The highest BCUT2D eigenvalue weighted by molar-refractivity contribution is 6.34. The van der Waals surface area contributed by atoms with Gasteiger partial charge < -0.3 is 5.32 Å². The molecule has 7 nitrogen and oxygen atoms in total. The third kappa shape index (κ3) is 3.45. The summed E-state index contributed by atoms with van der Waals surface area (Å²) in [4.78, 5) is 22.5. The maximum Gasteiger partial charge on any atom is 0.293 e. The molecule has 0 spiro atoms. The van der Waals surface area contributed by atoms with Gasteiger partial charge in [-0.05, 0) is 24.6 Å². The van der Waals surface area contributed by atoms with Crippen molar-refractivity contribution in [3.8, 4) is 0 Å². The molecule has 0 atom stereocenters. The Morgan fingerprint density at radius 2 is 2.00 bits per heavy atom. The largest absolute Gasteiger partial charge is 0.316 e. The van der Waals surface area contributed by atoms with Crippen molar-refractivity contribution in [3.63, 3.8) is 0 Å². The zero-order valence-corrected chi connectivity index (χ0v) is 12.1. The minimum absolute atomic E-state index is 0.0112. The summed E-state index contributed by atoms with van der Waals surface area (Å²) < 4.78 is 0. The highest BCUT2D eigenvalue weighted by atomic mass is 35.5. The number of nitro benzene ring substituents is 1. The molecule has 21 heavy (non-hydrogen) atoms. The lowest BCUT2D eigenvalue weighted by molar-refractivity contribution is -0.384. The predicted molar refractivity (Wildman–Crippen MR) is 77.8 cm³/mol. The van der Waals surface area contributed by atoms with E-state index in [1.165, 1.54) is 18.2 Å². The number of hydrogen-bond acceptors (Lipinski definition) is 5. The number of amides is 1. The summed E-state index contributed by atoms with van der Waals surface area (Å²) in [7, 11) is 0. The number of benzene rings is 1. The van der Waals surface area contributed by atoms with Gasteiger partial charge in [-0.2, -0.15) is 0 Å². The van der Waals surface area contributed by atoms with Crippen LogP contribution in [0.2, 0.25) is 10.3 Å². The van der Waals surface area contributed by atoms with Crippen molar-refractivity contribution >= 4 is 40.5 Å². The van der Waals surface area contributed by atoms with Gasteiger partial charge in [-0.15, -0.1) is 10.2 Å². The average Bonchev–Trinajstić information content (AvgIpc) is 2.43. The smallest absolute Gasteiger partial charge is 0.293 e. The Balaban J connectivity index is 2.36. The van der Waals surface area contributed by atoms with Gasteiger partial charge in [0, 0.05) is 6.07 Å². The first-order valence-electron chi connectivity index (χ1n) is 5.63. The third-order valence-corrected chi connectivity index (χ3v) is 3.03. The normalized spacial score (nSPS) is 10.2. The van der Waals surface area contributed by atoms with E-state index in [0.29, 0.717) is 5.56 Å². The zero-order valence-electron chi connectivity index (χ0n) is 10.6. The van der Waals surface area contributed by atoms with E-state index in [1.807, 2.05) is 0 Å². The zero-order chi connectivity index (χ0) is 15.6. The Labute approximate surface area is 129 Å². The molecule has 1 aromatic carbocycles. The Morgan fingerprint density at radius 1 is 1.29 bits per heavy atom. The van der Waals surface area contributed by atoms with Crippen LogP contribution in [0.15, 0.2) is 24.3 Å². The van der Waals surface area contributed by atoms with Crippen molar-refractivity contribution in [2.75, 3.05) is 5.32 Å². The minimum atomic E-state index is -0.663. The van der Waals surface area contributed by atoms with Crippen molar-refractivity contribution in [2.24, 2.45) is 0 Å². The van der Waals surface area contributed by atoms with Crippen LogP contribution >= 0.6 is 23.2 Å². The van der Waals surface area contributed by atoms with Crippen molar-refractivity contribution in [2.45, 2.75) is 6.92 Å². The molecular formula is C12H8Cl2N4O3. The number of carbonyl (C=O) groups excluding carboxylic acids is 1. The summed E-state index contributed by atoms with van der Waals surface area (Å²) >= 11 is 11.4. The summed E-state index contributed by atoms with van der Waals surface area (Å²) in [6.07, 6.45) is 0. The molecule has 2 aromatic rings. The van der Waals surface area contributed by atoms with Crippen LogP contribution in [-0.4, -0.2) is 21.0 Å². The molecule has 1 amide bonds. The van der Waals surface area contributed by atoms with Crippen LogP contribution in [0, 0.1) is 17.0 Å². The number of halogens is 2. The summed E-state index contributed by atoms with van der Waals surface area (Å²) in [5.41, 5.74) is 0.519. The molecule has 0 bridgehead atoms. The van der Waals surface area contributed by atoms with Crippen molar-refractivity contribution < 1.29 is 9.72 Å². The molecule has 0 saturated heterocycles. The monoisotopic (exact) mass is 326 g/mol. The molecule has 0 fully saturated rings. The van der Waals surface area contributed by atoms with E-state index in [-0.39, 0.29) is 27.2 Å². The molecular weight excluding hydrogens is 319 g/mol. The van der Waals surface area contributed by atoms with Crippen LogP contribution < -0.4 is 5.32 Å². The predicted octanol–water partition coefficient (Wildman–Crippen LogP) is 3.25. The summed E-state index contributed by atoms with van der Waals surface area (Å²) in [6.45, 7) is 1.71. The summed E-state index contributed by atoms with van der Waals surface area (Å²) in [6, 6.07) is 5.67. The van der Waals surface area contributed by atoms with Gasteiger partial charge in [0.05, 0.1) is 10.5 Å². The molecule has 0 saturated carbocycles. The van der Waals surface area contributed by atoms with Crippen LogP contribution in [0.3, 0.4) is 0 Å². The molecule has 108 valence electrons. The summed E-state index contributed by atoms with van der Waals surface area (Å²) in [5.74, 6) is -0.663.